The summed E-state index contributed by atoms with van der Waals surface area (Å²) in [5, 5.41) is 4.13. The first-order chi connectivity index (χ1) is 15.0. The molecule has 1 atom stereocenters. The zero-order valence-corrected chi connectivity index (χ0v) is 16.6. The molecule has 4 heterocycles. The van der Waals surface area contributed by atoms with Gasteiger partial charge in [-0.2, -0.15) is 5.10 Å². The number of rotatable bonds is 3. The zero-order chi connectivity index (χ0) is 21.2. The second-order valence-electron chi connectivity index (χ2n) is 8.48. The number of hydrogen-bond donors (Lipinski definition) is 0. The van der Waals surface area contributed by atoms with Crippen LogP contribution in [0.3, 0.4) is 0 Å². The van der Waals surface area contributed by atoms with Crippen LogP contribution in [0.2, 0.25) is 0 Å². The molecule has 1 aromatic carbocycles. The molecule has 31 heavy (non-hydrogen) atoms. The second kappa shape index (κ2) is 6.23. The molecule has 3 aliphatic rings. The molecule has 0 N–H and O–H groups in total. The van der Waals surface area contributed by atoms with Gasteiger partial charge < -0.3 is 9.64 Å². The Morgan fingerprint density at radius 3 is 2.74 bits per heavy atom. The lowest BCUT2D eigenvalue weighted by Crippen LogP contribution is -2.40. The lowest BCUT2D eigenvalue weighted by atomic mass is 9.92. The summed E-state index contributed by atoms with van der Waals surface area (Å²) in [6.07, 6.45) is 8.25. The van der Waals surface area contributed by atoms with Crippen LogP contribution in [0.4, 0.5) is 4.39 Å². The maximum absolute atomic E-state index is 15.1. The van der Waals surface area contributed by atoms with E-state index in [0.29, 0.717) is 42.6 Å². The van der Waals surface area contributed by atoms with Gasteiger partial charge in [0, 0.05) is 48.9 Å². The highest BCUT2D eigenvalue weighted by Crippen LogP contribution is 2.52. The lowest BCUT2D eigenvalue weighted by Gasteiger charge is -2.27. The van der Waals surface area contributed by atoms with Gasteiger partial charge in [-0.25, -0.2) is 13.9 Å². The van der Waals surface area contributed by atoms with E-state index in [0.717, 1.165) is 5.56 Å². The number of esters is 1. The van der Waals surface area contributed by atoms with Gasteiger partial charge in [0.15, 0.2) is 5.60 Å². The van der Waals surface area contributed by atoms with Crippen molar-refractivity contribution >= 4 is 11.9 Å². The highest BCUT2D eigenvalue weighted by molar-refractivity contribution is 5.95. The number of nitrogens with zero attached hydrogens (tertiary/aromatic N) is 4. The van der Waals surface area contributed by atoms with Crippen LogP contribution in [0.5, 0.6) is 0 Å². The van der Waals surface area contributed by atoms with Crippen molar-refractivity contribution in [2.75, 3.05) is 13.1 Å². The number of carbonyl (C=O) groups excluding carboxylic acids is 2. The minimum atomic E-state index is -0.845. The summed E-state index contributed by atoms with van der Waals surface area (Å²) >= 11 is 0. The van der Waals surface area contributed by atoms with E-state index in [1.165, 1.54) is 12.3 Å². The van der Waals surface area contributed by atoms with Gasteiger partial charge in [-0.1, -0.05) is 6.07 Å². The van der Waals surface area contributed by atoms with Gasteiger partial charge in [-0.3, -0.25) is 9.78 Å². The molecule has 0 radical (unpaired) electrons. The van der Waals surface area contributed by atoms with E-state index in [1.54, 1.807) is 52.4 Å². The molecule has 2 aliphatic heterocycles. The minimum absolute atomic E-state index is 0.103. The number of amides is 1. The normalized spacial score (nSPS) is 23.1. The maximum Gasteiger partial charge on any atom is 0.341 e. The number of fused-ring (bicyclic) bond motifs is 2. The Bertz CT molecular complexity index is 1220. The average Bonchev–Trinajstić information content (AvgIpc) is 3.13. The Labute approximate surface area is 177 Å². The van der Waals surface area contributed by atoms with Crippen molar-refractivity contribution in [1.29, 1.82) is 0 Å². The van der Waals surface area contributed by atoms with Crippen LogP contribution in [-0.4, -0.2) is 44.6 Å². The van der Waals surface area contributed by atoms with Gasteiger partial charge in [0.2, 0.25) is 5.91 Å². The van der Waals surface area contributed by atoms with Crippen molar-refractivity contribution in [2.45, 2.75) is 30.3 Å². The van der Waals surface area contributed by atoms with E-state index >= 15 is 4.39 Å². The van der Waals surface area contributed by atoms with Crippen LogP contribution in [-0.2, 0) is 20.5 Å². The Morgan fingerprint density at radius 1 is 1.13 bits per heavy atom. The monoisotopic (exact) mass is 418 g/mol. The summed E-state index contributed by atoms with van der Waals surface area (Å²) in [6, 6.07) is 8.45. The predicted molar refractivity (Wildman–Crippen MR) is 107 cm³/mol. The van der Waals surface area contributed by atoms with Crippen LogP contribution in [0, 0.1) is 5.82 Å². The van der Waals surface area contributed by atoms with Crippen molar-refractivity contribution in [3.05, 3.63) is 77.6 Å². The lowest BCUT2D eigenvalue weighted by molar-refractivity contribution is -0.134. The molecule has 1 saturated heterocycles. The third kappa shape index (κ3) is 2.57. The van der Waals surface area contributed by atoms with E-state index in [1.807, 2.05) is 0 Å². The first kappa shape index (κ1) is 18.2. The Kier molecular flexibility index (Phi) is 3.66. The summed E-state index contributed by atoms with van der Waals surface area (Å²) in [4.78, 5) is 31.5. The van der Waals surface area contributed by atoms with Crippen molar-refractivity contribution in [2.24, 2.45) is 0 Å². The average molecular weight is 418 g/mol. The van der Waals surface area contributed by atoms with Gasteiger partial charge in [0.25, 0.3) is 0 Å². The van der Waals surface area contributed by atoms with Gasteiger partial charge in [0.05, 0.1) is 23.2 Å². The second-order valence-corrected chi connectivity index (χ2v) is 8.48. The number of ether oxygens (including phenoxy) is 1. The van der Waals surface area contributed by atoms with Crippen LogP contribution in [0.25, 0.3) is 5.69 Å². The summed E-state index contributed by atoms with van der Waals surface area (Å²) in [5.74, 6) is -0.913. The minimum Gasteiger partial charge on any atom is -0.449 e. The predicted octanol–water partition coefficient (Wildman–Crippen LogP) is 2.74. The molecule has 156 valence electrons. The van der Waals surface area contributed by atoms with Crippen LogP contribution in [0.15, 0.2) is 55.1 Å². The van der Waals surface area contributed by atoms with Crippen LogP contribution < -0.4 is 0 Å². The molecule has 3 aromatic rings. The molecule has 0 bridgehead atoms. The fraction of sp³-hybridized carbons (Fsp3) is 0.304. The zero-order valence-electron chi connectivity index (χ0n) is 16.6. The molecular weight excluding hydrogens is 399 g/mol. The SMILES string of the molecule is O=C1OC2(CCN(C(=O)C3(c4ccc(-n5cccn5)cc4F)CC3)C2)c2ccncc21. The molecular formula is C23H19FN4O3. The Morgan fingerprint density at radius 2 is 2.00 bits per heavy atom. The van der Waals surface area contributed by atoms with E-state index < -0.39 is 22.8 Å². The van der Waals surface area contributed by atoms with Crippen molar-refractivity contribution in [1.82, 2.24) is 19.7 Å². The van der Waals surface area contributed by atoms with E-state index in [4.69, 9.17) is 4.74 Å². The van der Waals surface area contributed by atoms with Gasteiger partial charge in [0.1, 0.15) is 5.82 Å². The third-order valence-electron chi connectivity index (χ3n) is 6.74. The first-order valence-electron chi connectivity index (χ1n) is 10.3. The third-order valence-corrected chi connectivity index (χ3v) is 6.74. The van der Waals surface area contributed by atoms with E-state index in [-0.39, 0.29) is 12.5 Å². The number of carbonyl (C=O) groups is 2. The van der Waals surface area contributed by atoms with Crippen LogP contribution in [0.1, 0.15) is 40.7 Å². The van der Waals surface area contributed by atoms with Crippen molar-refractivity contribution in [3.8, 4) is 5.69 Å². The number of benzene rings is 1. The fourth-order valence-corrected chi connectivity index (χ4v) is 4.98. The molecule has 1 unspecified atom stereocenters. The summed E-state index contributed by atoms with van der Waals surface area (Å²) < 4.78 is 22.4. The summed E-state index contributed by atoms with van der Waals surface area (Å²) in [5.41, 5.74) is 0.589. The molecule has 6 rings (SSSR count). The maximum atomic E-state index is 15.1. The van der Waals surface area contributed by atoms with Gasteiger partial charge in [-0.05, 0) is 37.1 Å². The molecule has 1 spiro atoms. The summed E-state index contributed by atoms with van der Waals surface area (Å²) in [6.45, 7) is 0.742. The fourth-order valence-electron chi connectivity index (χ4n) is 4.98. The molecule has 2 aromatic heterocycles. The topological polar surface area (TPSA) is 77.3 Å². The standard InChI is InChI=1S/C23H19FN4O3/c24-19-12-15(28-10-1-8-26-28)2-3-18(19)22(5-6-22)21(30)27-11-7-23(14-27)17-4-9-25-13-16(17)20(29)31-23/h1-4,8-10,12-13H,5-7,11,14H2. The number of likely N-dealkylation sites (tertiary alicyclic amines) is 1. The quantitative estimate of drug-likeness (QED) is 0.612. The number of pyridine rings is 1. The van der Waals surface area contributed by atoms with Gasteiger partial charge in [-0.15, -0.1) is 0 Å². The Hall–Kier alpha value is -3.55. The largest absolute Gasteiger partial charge is 0.449 e. The number of aromatic nitrogens is 3. The molecule has 2 fully saturated rings. The molecule has 1 amide bonds. The smallest absolute Gasteiger partial charge is 0.341 e. The number of halogens is 1. The number of hydrogen-bond acceptors (Lipinski definition) is 5. The molecule has 1 saturated carbocycles. The van der Waals surface area contributed by atoms with E-state index in [9.17, 15) is 9.59 Å². The van der Waals surface area contributed by atoms with Crippen LogP contribution >= 0.6 is 0 Å². The molecule has 1 aliphatic carbocycles. The van der Waals surface area contributed by atoms with Crippen molar-refractivity contribution < 1.29 is 18.7 Å². The first-order valence-corrected chi connectivity index (χ1v) is 10.3. The Balaban J connectivity index is 1.28. The molecule has 7 nitrogen and oxygen atoms in total. The van der Waals surface area contributed by atoms with E-state index in [2.05, 4.69) is 10.1 Å². The van der Waals surface area contributed by atoms with Crippen molar-refractivity contribution in [3.63, 3.8) is 0 Å². The summed E-state index contributed by atoms with van der Waals surface area (Å²) in [7, 11) is 0. The highest BCUT2D eigenvalue weighted by atomic mass is 19.1. The highest BCUT2D eigenvalue weighted by Gasteiger charge is 2.58. The van der Waals surface area contributed by atoms with Gasteiger partial charge >= 0.3 is 5.97 Å². The molecule has 8 heteroatoms.